The zero-order valence-corrected chi connectivity index (χ0v) is 18.3. The van der Waals surface area contributed by atoms with Gasteiger partial charge in [-0.15, -0.1) is 24.8 Å². The maximum Gasteiger partial charge on any atom is 0.341 e. The van der Waals surface area contributed by atoms with Crippen LogP contribution < -0.4 is 10.1 Å². The number of aliphatic carboxylic acids is 1. The van der Waals surface area contributed by atoms with Gasteiger partial charge in [0.1, 0.15) is 5.75 Å². The van der Waals surface area contributed by atoms with Crippen LogP contribution in [0.5, 0.6) is 5.75 Å². The predicted molar refractivity (Wildman–Crippen MR) is 117 cm³/mol. The fourth-order valence-electron chi connectivity index (χ4n) is 4.67. The molecule has 1 aliphatic carbocycles. The Morgan fingerprint density at radius 1 is 1.04 bits per heavy atom. The summed E-state index contributed by atoms with van der Waals surface area (Å²) in [7, 11) is 0. The van der Waals surface area contributed by atoms with E-state index >= 15 is 0 Å². The van der Waals surface area contributed by atoms with Crippen LogP contribution in [0.25, 0.3) is 0 Å². The molecule has 0 atom stereocenters. The second kappa shape index (κ2) is 12.5. The minimum absolute atomic E-state index is 0. The fraction of sp³-hybridized carbons (Fsp3) is 0.667. The Morgan fingerprint density at radius 3 is 2.14 bits per heavy atom. The number of rotatable bonds is 7. The van der Waals surface area contributed by atoms with Crippen LogP contribution in [0.2, 0.25) is 0 Å². The van der Waals surface area contributed by atoms with Crippen LogP contribution in [0.1, 0.15) is 56.9 Å². The third-order valence-corrected chi connectivity index (χ3v) is 6.02. The molecule has 0 aromatic heterocycles. The van der Waals surface area contributed by atoms with E-state index in [1.807, 2.05) is 12.1 Å². The maximum atomic E-state index is 10.6. The monoisotopic (exact) mass is 432 g/mol. The van der Waals surface area contributed by atoms with Crippen molar-refractivity contribution in [2.45, 2.75) is 63.5 Å². The van der Waals surface area contributed by atoms with E-state index in [1.54, 1.807) is 0 Å². The number of piperidine rings is 1. The quantitative estimate of drug-likeness (QED) is 0.678. The molecule has 1 aromatic rings. The van der Waals surface area contributed by atoms with Gasteiger partial charge < -0.3 is 15.2 Å². The smallest absolute Gasteiger partial charge is 0.341 e. The van der Waals surface area contributed by atoms with Crippen molar-refractivity contribution in [2.24, 2.45) is 0 Å². The first-order chi connectivity index (χ1) is 12.7. The molecule has 1 saturated carbocycles. The average Bonchev–Trinajstić information content (AvgIpc) is 2.69. The van der Waals surface area contributed by atoms with Gasteiger partial charge in [0.25, 0.3) is 0 Å². The summed E-state index contributed by atoms with van der Waals surface area (Å²) in [6.45, 7) is 5.51. The summed E-state index contributed by atoms with van der Waals surface area (Å²) in [5.41, 5.74) is 1.36. The molecule has 3 rings (SSSR count). The average molecular weight is 433 g/mol. The standard InChI is InChI=1S/C21H32N2O3.2ClH/c1-2-23(19-11-13-22-14-12-19)18-7-3-16(4-8-18)17-5-9-20(10-6-17)26-15-21(24)25;;/h5-6,9-10,16,18-19,22H,2-4,7-8,11-15H2,1H3,(H,24,25);2*1H. The molecule has 5 nitrogen and oxygen atoms in total. The highest BCUT2D eigenvalue weighted by atomic mass is 35.5. The van der Waals surface area contributed by atoms with E-state index in [2.05, 4.69) is 29.3 Å². The Hall–Kier alpha value is -1.01. The first kappa shape index (κ1) is 25.0. The van der Waals surface area contributed by atoms with E-state index in [0.717, 1.165) is 31.7 Å². The van der Waals surface area contributed by atoms with Crippen molar-refractivity contribution < 1.29 is 14.6 Å². The second-order valence-electron chi connectivity index (χ2n) is 7.57. The number of carbonyl (C=O) groups is 1. The highest BCUT2D eigenvalue weighted by Crippen LogP contribution is 2.36. The van der Waals surface area contributed by atoms with Gasteiger partial charge in [-0.2, -0.15) is 0 Å². The Balaban J connectivity index is 0.00000196. The third kappa shape index (κ3) is 6.80. The van der Waals surface area contributed by atoms with Gasteiger partial charge in [-0.1, -0.05) is 19.1 Å². The number of nitrogens with zero attached hydrogens (tertiary/aromatic N) is 1. The van der Waals surface area contributed by atoms with Crippen LogP contribution >= 0.6 is 24.8 Å². The molecule has 1 saturated heterocycles. The number of carboxylic acids is 1. The molecule has 2 N–H and O–H groups in total. The summed E-state index contributed by atoms with van der Waals surface area (Å²) in [6.07, 6.45) is 7.60. The SMILES string of the molecule is CCN(C1CCNCC1)C1CCC(c2ccc(OCC(=O)O)cc2)CC1.Cl.Cl. The van der Waals surface area contributed by atoms with Gasteiger partial charge in [0.2, 0.25) is 0 Å². The zero-order valence-electron chi connectivity index (χ0n) is 16.6. The van der Waals surface area contributed by atoms with Crippen molar-refractivity contribution in [1.82, 2.24) is 10.2 Å². The van der Waals surface area contributed by atoms with E-state index in [4.69, 9.17) is 9.84 Å². The lowest BCUT2D eigenvalue weighted by molar-refractivity contribution is -0.139. The molecule has 1 aromatic carbocycles. The Bertz CT molecular complexity index is 572. The predicted octanol–water partition coefficient (Wildman–Crippen LogP) is 4.09. The van der Waals surface area contributed by atoms with Crippen molar-refractivity contribution in [1.29, 1.82) is 0 Å². The van der Waals surface area contributed by atoms with E-state index in [-0.39, 0.29) is 31.4 Å². The first-order valence-corrected chi connectivity index (χ1v) is 10.1. The summed E-state index contributed by atoms with van der Waals surface area (Å²) in [6, 6.07) is 9.50. The molecule has 7 heteroatoms. The minimum Gasteiger partial charge on any atom is -0.482 e. The Kier molecular flexibility index (Phi) is 11.2. The summed E-state index contributed by atoms with van der Waals surface area (Å²) in [5.74, 6) is 0.307. The Labute approximate surface area is 181 Å². The number of hydrogen-bond acceptors (Lipinski definition) is 4. The molecular formula is C21H34Cl2N2O3. The number of nitrogens with one attached hydrogen (secondary N) is 1. The summed E-state index contributed by atoms with van der Waals surface area (Å²) >= 11 is 0. The number of halogens is 2. The first-order valence-electron chi connectivity index (χ1n) is 10.1. The third-order valence-electron chi connectivity index (χ3n) is 6.02. The highest BCUT2D eigenvalue weighted by Gasteiger charge is 2.30. The van der Waals surface area contributed by atoms with Crippen molar-refractivity contribution in [3.63, 3.8) is 0 Å². The number of benzene rings is 1. The van der Waals surface area contributed by atoms with Crippen LogP contribution in [0.15, 0.2) is 24.3 Å². The molecule has 0 radical (unpaired) electrons. The van der Waals surface area contributed by atoms with Gasteiger partial charge in [-0.05, 0) is 81.8 Å². The molecule has 1 aliphatic heterocycles. The lowest BCUT2D eigenvalue weighted by Gasteiger charge is -2.42. The van der Waals surface area contributed by atoms with Gasteiger partial charge in [0, 0.05) is 12.1 Å². The molecule has 0 bridgehead atoms. The number of carboxylic acid groups (broad SMARTS) is 1. The minimum atomic E-state index is -0.943. The normalized spacial score (nSPS) is 22.8. The van der Waals surface area contributed by atoms with Gasteiger partial charge in [-0.3, -0.25) is 4.90 Å². The van der Waals surface area contributed by atoms with E-state index in [1.165, 1.54) is 44.1 Å². The fourth-order valence-corrected chi connectivity index (χ4v) is 4.67. The topological polar surface area (TPSA) is 61.8 Å². The molecule has 0 unspecified atom stereocenters. The molecule has 28 heavy (non-hydrogen) atoms. The number of ether oxygens (including phenoxy) is 1. The van der Waals surface area contributed by atoms with Crippen molar-refractivity contribution >= 4 is 30.8 Å². The van der Waals surface area contributed by atoms with Crippen molar-refractivity contribution in [2.75, 3.05) is 26.2 Å². The van der Waals surface area contributed by atoms with Crippen LogP contribution in [0, 0.1) is 0 Å². The van der Waals surface area contributed by atoms with Gasteiger partial charge in [-0.25, -0.2) is 4.79 Å². The zero-order chi connectivity index (χ0) is 18.4. The molecular weight excluding hydrogens is 399 g/mol. The summed E-state index contributed by atoms with van der Waals surface area (Å²) in [4.78, 5) is 13.3. The lowest BCUT2D eigenvalue weighted by atomic mass is 9.80. The molecule has 2 aliphatic rings. The number of hydrogen-bond donors (Lipinski definition) is 2. The summed E-state index contributed by atoms with van der Waals surface area (Å²) < 4.78 is 5.23. The second-order valence-corrected chi connectivity index (χ2v) is 7.57. The van der Waals surface area contributed by atoms with Gasteiger partial charge >= 0.3 is 5.97 Å². The van der Waals surface area contributed by atoms with E-state index < -0.39 is 5.97 Å². The van der Waals surface area contributed by atoms with Crippen molar-refractivity contribution in [3.8, 4) is 5.75 Å². The van der Waals surface area contributed by atoms with Crippen molar-refractivity contribution in [3.05, 3.63) is 29.8 Å². The lowest BCUT2D eigenvalue weighted by Crippen LogP contribution is -2.48. The Morgan fingerprint density at radius 2 is 1.61 bits per heavy atom. The van der Waals surface area contributed by atoms with Gasteiger partial charge in [0.05, 0.1) is 0 Å². The van der Waals surface area contributed by atoms with Crippen LogP contribution in [-0.2, 0) is 4.79 Å². The highest BCUT2D eigenvalue weighted by molar-refractivity contribution is 5.85. The summed E-state index contributed by atoms with van der Waals surface area (Å²) in [5, 5.41) is 12.2. The molecule has 2 fully saturated rings. The molecule has 0 amide bonds. The molecule has 160 valence electrons. The molecule has 0 spiro atoms. The molecule has 1 heterocycles. The van der Waals surface area contributed by atoms with E-state index in [9.17, 15) is 4.79 Å². The van der Waals surface area contributed by atoms with Crippen LogP contribution in [-0.4, -0.2) is 54.3 Å². The largest absolute Gasteiger partial charge is 0.482 e. The van der Waals surface area contributed by atoms with Crippen LogP contribution in [0.4, 0.5) is 0 Å². The maximum absolute atomic E-state index is 10.6. The van der Waals surface area contributed by atoms with Crippen LogP contribution in [0.3, 0.4) is 0 Å². The van der Waals surface area contributed by atoms with Gasteiger partial charge in [0.15, 0.2) is 6.61 Å². The van der Waals surface area contributed by atoms with E-state index in [0.29, 0.717) is 11.7 Å².